The van der Waals surface area contributed by atoms with Gasteiger partial charge >= 0.3 is 0 Å². The number of anilines is 1. The highest BCUT2D eigenvalue weighted by molar-refractivity contribution is 7.23. The minimum Gasteiger partial charge on any atom is -0.359 e. The Morgan fingerprint density at radius 1 is 1.40 bits per heavy atom. The average molecular weight is 218 g/mol. The van der Waals surface area contributed by atoms with E-state index in [9.17, 15) is 4.79 Å². The number of amides is 1. The predicted molar refractivity (Wildman–Crippen MR) is 62.4 cm³/mol. The molecule has 15 heavy (non-hydrogen) atoms. The third kappa shape index (κ3) is 1.15. The third-order valence-corrected chi connectivity index (χ3v) is 3.76. The van der Waals surface area contributed by atoms with E-state index in [1.807, 2.05) is 31.3 Å². The summed E-state index contributed by atoms with van der Waals surface area (Å²) in [5.41, 5.74) is 0.823. The van der Waals surface area contributed by atoms with Gasteiger partial charge in [0.1, 0.15) is 5.00 Å². The van der Waals surface area contributed by atoms with Gasteiger partial charge in [0.15, 0.2) is 0 Å². The van der Waals surface area contributed by atoms with E-state index < -0.39 is 0 Å². The molecule has 0 radical (unpaired) electrons. The second-order valence-corrected chi connectivity index (χ2v) is 4.69. The van der Waals surface area contributed by atoms with Crippen LogP contribution in [0, 0.1) is 0 Å². The molecule has 0 fully saturated rings. The average Bonchev–Trinajstić information content (AvgIpc) is 2.62. The highest BCUT2D eigenvalue weighted by Gasteiger charge is 2.25. The molecule has 0 bridgehead atoms. The van der Waals surface area contributed by atoms with Crippen LogP contribution in [-0.4, -0.2) is 24.5 Å². The number of carbonyl (C=O) groups is 1. The maximum Gasteiger partial charge on any atom is 0.258 e. The fourth-order valence-electron chi connectivity index (χ4n) is 1.84. The monoisotopic (exact) mass is 218 g/mol. The van der Waals surface area contributed by atoms with Gasteiger partial charge in [-0.25, -0.2) is 0 Å². The molecule has 2 aromatic rings. The smallest absolute Gasteiger partial charge is 0.258 e. The quantitative estimate of drug-likeness (QED) is 0.736. The highest BCUT2D eigenvalue weighted by Crippen LogP contribution is 2.37. The summed E-state index contributed by atoms with van der Waals surface area (Å²) >= 11 is 1.65. The highest BCUT2D eigenvalue weighted by atomic mass is 32.1. The Bertz CT molecular complexity index is 547. The van der Waals surface area contributed by atoms with Crippen LogP contribution in [0.2, 0.25) is 0 Å². The fourth-order valence-corrected chi connectivity index (χ4v) is 2.92. The first-order valence-corrected chi connectivity index (χ1v) is 5.60. The van der Waals surface area contributed by atoms with E-state index in [0.29, 0.717) is 6.67 Å². The second kappa shape index (κ2) is 2.97. The first-order valence-electron chi connectivity index (χ1n) is 4.78. The molecular weight excluding hydrogens is 208 g/mol. The van der Waals surface area contributed by atoms with Crippen molar-refractivity contribution in [1.82, 2.24) is 4.90 Å². The second-order valence-electron chi connectivity index (χ2n) is 3.64. The van der Waals surface area contributed by atoms with Gasteiger partial charge in [-0.15, -0.1) is 11.3 Å². The molecule has 76 valence electrons. The summed E-state index contributed by atoms with van der Waals surface area (Å²) in [5.74, 6) is 0.112. The van der Waals surface area contributed by atoms with Gasteiger partial charge < -0.3 is 10.2 Å². The van der Waals surface area contributed by atoms with E-state index in [1.54, 1.807) is 16.2 Å². The van der Waals surface area contributed by atoms with Gasteiger partial charge in [0.2, 0.25) is 0 Å². The fraction of sp³-hybridized carbons (Fsp3) is 0.182. The minimum absolute atomic E-state index is 0.112. The molecule has 0 saturated carbocycles. The zero-order valence-electron chi connectivity index (χ0n) is 8.28. The van der Waals surface area contributed by atoms with Crippen molar-refractivity contribution in [1.29, 1.82) is 0 Å². The van der Waals surface area contributed by atoms with Gasteiger partial charge in [-0.3, -0.25) is 4.79 Å². The Hall–Kier alpha value is -1.55. The lowest BCUT2D eigenvalue weighted by molar-refractivity contribution is 0.0800. The Labute approximate surface area is 91.3 Å². The van der Waals surface area contributed by atoms with Crippen LogP contribution in [0.3, 0.4) is 0 Å². The molecule has 3 rings (SSSR count). The van der Waals surface area contributed by atoms with E-state index in [1.165, 1.54) is 4.70 Å². The summed E-state index contributed by atoms with van der Waals surface area (Å²) in [5, 5.41) is 5.31. The van der Waals surface area contributed by atoms with E-state index in [2.05, 4.69) is 5.32 Å². The first-order chi connectivity index (χ1) is 7.27. The maximum atomic E-state index is 12.0. The lowest BCUT2D eigenvalue weighted by Crippen LogP contribution is -2.35. The molecule has 1 N–H and O–H groups in total. The molecule has 3 nitrogen and oxygen atoms in total. The summed E-state index contributed by atoms with van der Waals surface area (Å²) in [6.07, 6.45) is 0. The summed E-state index contributed by atoms with van der Waals surface area (Å²) < 4.78 is 1.17. The first kappa shape index (κ1) is 8.73. The molecule has 0 unspecified atom stereocenters. The molecule has 0 spiro atoms. The SMILES string of the molecule is CN1CNc2sc3ccccc3c2C1=O. The van der Waals surface area contributed by atoms with Crippen molar-refractivity contribution in [2.75, 3.05) is 19.0 Å². The number of nitrogens with one attached hydrogen (secondary N) is 1. The zero-order valence-corrected chi connectivity index (χ0v) is 9.10. The van der Waals surface area contributed by atoms with Crippen molar-refractivity contribution in [3.05, 3.63) is 29.8 Å². The van der Waals surface area contributed by atoms with Crippen molar-refractivity contribution in [3.8, 4) is 0 Å². The van der Waals surface area contributed by atoms with Gasteiger partial charge in [0.05, 0.1) is 12.2 Å². The zero-order chi connectivity index (χ0) is 10.4. The van der Waals surface area contributed by atoms with E-state index in [-0.39, 0.29) is 5.91 Å². The van der Waals surface area contributed by atoms with Gasteiger partial charge in [-0.05, 0) is 6.07 Å². The number of rotatable bonds is 0. The third-order valence-electron chi connectivity index (χ3n) is 2.63. The molecule has 1 aliphatic rings. The van der Waals surface area contributed by atoms with Crippen molar-refractivity contribution < 1.29 is 4.79 Å². The molecule has 1 aromatic carbocycles. The molecule has 2 heterocycles. The van der Waals surface area contributed by atoms with Crippen molar-refractivity contribution in [2.24, 2.45) is 0 Å². The number of fused-ring (bicyclic) bond motifs is 3. The number of hydrogen-bond acceptors (Lipinski definition) is 3. The molecular formula is C11H10N2OS. The van der Waals surface area contributed by atoms with Crippen LogP contribution in [0.1, 0.15) is 10.4 Å². The minimum atomic E-state index is 0.112. The molecule has 0 saturated heterocycles. The molecule has 0 aliphatic carbocycles. The van der Waals surface area contributed by atoms with Crippen molar-refractivity contribution in [2.45, 2.75) is 0 Å². The van der Waals surface area contributed by atoms with Gasteiger partial charge in [0.25, 0.3) is 5.91 Å². The van der Waals surface area contributed by atoms with Gasteiger partial charge in [-0.2, -0.15) is 0 Å². The van der Waals surface area contributed by atoms with Gasteiger partial charge in [-0.1, -0.05) is 18.2 Å². The largest absolute Gasteiger partial charge is 0.359 e. The lowest BCUT2D eigenvalue weighted by atomic mass is 10.1. The van der Waals surface area contributed by atoms with Crippen molar-refractivity contribution >= 4 is 32.3 Å². The topological polar surface area (TPSA) is 32.3 Å². The molecule has 1 amide bonds. The van der Waals surface area contributed by atoms with E-state index in [4.69, 9.17) is 0 Å². The Balaban J connectivity index is 2.34. The lowest BCUT2D eigenvalue weighted by Gasteiger charge is -2.23. The Kier molecular flexibility index (Phi) is 1.73. The van der Waals surface area contributed by atoms with Crippen LogP contribution in [0.25, 0.3) is 10.1 Å². The van der Waals surface area contributed by atoms with Gasteiger partial charge in [0, 0.05) is 17.1 Å². The van der Waals surface area contributed by atoms with Crippen LogP contribution in [0.15, 0.2) is 24.3 Å². The van der Waals surface area contributed by atoms with Crippen LogP contribution in [0.4, 0.5) is 5.00 Å². The number of carbonyl (C=O) groups excluding carboxylic acids is 1. The normalized spacial score (nSPS) is 15.3. The molecule has 1 aromatic heterocycles. The molecule has 1 aliphatic heterocycles. The van der Waals surface area contributed by atoms with E-state index in [0.717, 1.165) is 16.0 Å². The standard InChI is InChI=1S/C11H10N2OS/c1-13-6-12-10-9(11(13)14)7-4-2-3-5-8(7)15-10/h2-5,12H,6H2,1H3. The van der Waals surface area contributed by atoms with E-state index >= 15 is 0 Å². The Morgan fingerprint density at radius 2 is 2.20 bits per heavy atom. The van der Waals surface area contributed by atoms with Crippen LogP contribution in [-0.2, 0) is 0 Å². The summed E-state index contributed by atoms with van der Waals surface area (Å²) in [6, 6.07) is 8.02. The van der Waals surface area contributed by atoms with Crippen LogP contribution in [0.5, 0.6) is 0 Å². The summed E-state index contributed by atoms with van der Waals surface area (Å²) in [6.45, 7) is 0.596. The predicted octanol–water partition coefficient (Wildman–Crippen LogP) is 2.36. The maximum absolute atomic E-state index is 12.0. The summed E-state index contributed by atoms with van der Waals surface area (Å²) in [7, 11) is 1.81. The number of thiophene rings is 1. The van der Waals surface area contributed by atoms with Crippen LogP contribution >= 0.6 is 11.3 Å². The number of hydrogen-bond donors (Lipinski definition) is 1. The number of nitrogens with zero attached hydrogens (tertiary/aromatic N) is 1. The Morgan fingerprint density at radius 3 is 3.07 bits per heavy atom. The van der Waals surface area contributed by atoms with Crippen molar-refractivity contribution in [3.63, 3.8) is 0 Å². The number of benzene rings is 1. The summed E-state index contributed by atoms with van der Waals surface area (Å²) in [4.78, 5) is 13.7. The molecule has 0 atom stereocenters. The molecule has 4 heteroatoms. The van der Waals surface area contributed by atoms with Crippen LogP contribution < -0.4 is 5.32 Å².